The minimum Gasteiger partial charge on any atom is -0.478 e. The van der Waals surface area contributed by atoms with Crippen molar-refractivity contribution < 1.29 is 9.90 Å². The predicted octanol–water partition coefficient (Wildman–Crippen LogP) is 3.47. The molecule has 7 heteroatoms. The van der Waals surface area contributed by atoms with Crippen LogP contribution in [-0.4, -0.2) is 20.6 Å². The number of hydrogen-bond donors (Lipinski definition) is 1. The summed E-state index contributed by atoms with van der Waals surface area (Å²) in [6.45, 7) is 0. The number of nitriles is 2. The van der Waals surface area contributed by atoms with E-state index in [1.807, 2.05) is 6.07 Å². The first-order valence-electron chi connectivity index (χ1n) is 7.11. The molecular weight excluding hydrogens is 336 g/mol. The molecule has 0 radical (unpaired) electrons. The van der Waals surface area contributed by atoms with Crippen molar-refractivity contribution in [3.8, 4) is 17.8 Å². The molecule has 0 fully saturated rings. The molecule has 0 saturated heterocycles. The molecule has 0 aliphatic heterocycles. The molecule has 1 N–H and O–H groups in total. The highest BCUT2D eigenvalue weighted by Gasteiger charge is 2.12. The van der Waals surface area contributed by atoms with Crippen molar-refractivity contribution in [2.75, 3.05) is 0 Å². The summed E-state index contributed by atoms with van der Waals surface area (Å²) in [5.41, 5.74) is 1.79. The van der Waals surface area contributed by atoms with Gasteiger partial charge in [0.1, 0.15) is 6.07 Å². The van der Waals surface area contributed by atoms with Crippen LogP contribution in [0.25, 0.3) is 5.69 Å². The van der Waals surface area contributed by atoms with E-state index in [1.165, 1.54) is 30.0 Å². The number of rotatable bonds is 4. The molecule has 1 heterocycles. The van der Waals surface area contributed by atoms with Crippen molar-refractivity contribution in [3.05, 3.63) is 71.5 Å². The van der Waals surface area contributed by atoms with Gasteiger partial charge in [-0.2, -0.15) is 10.5 Å². The number of hydrogen-bond acceptors (Lipinski definition) is 5. The molecule has 0 saturated carbocycles. The van der Waals surface area contributed by atoms with Crippen LogP contribution in [0, 0.1) is 22.7 Å². The van der Waals surface area contributed by atoms with Crippen LogP contribution in [0.3, 0.4) is 0 Å². The average molecular weight is 346 g/mol. The van der Waals surface area contributed by atoms with Crippen LogP contribution in [0.5, 0.6) is 0 Å². The molecule has 3 rings (SSSR count). The van der Waals surface area contributed by atoms with Gasteiger partial charge in [-0.15, -0.1) is 0 Å². The Balaban J connectivity index is 1.94. The van der Waals surface area contributed by atoms with Crippen LogP contribution in [0.2, 0.25) is 0 Å². The predicted molar refractivity (Wildman–Crippen MR) is 90.5 cm³/mol. The lowest BCUT2D eigenvalue weighted by molar-refractivity contribution is 0.0697. The highest BCUT2D eigenvalue weighted by atomic mass is 32.2. The van der Waals surface area contributed by atoms with Crippen molar-refractivity contribution >= 4 is 17.7 Å². The molecule has 6 nitrogen and oxygen atoms in total. The number of aromatic nitrogens is 2. The zero-order valence-electron chi connectivity index (χ0n) is 12.7. The van der Waals surface area contributed by atoms with E-state index >= 15 is 0 Å². The van der Waals surface area contributed by atoms with E-state index in [4.69, 9.17) is 10.4 Å². The summed E-state index contributed by atoms with van der Waals surface area (Å²) in [6, 6.07) is 15.4. The second-order valence-electron chi connectivity index (χ2n) is 4.97. The molecular formula is C18H10N4O2S. The van der Waals surface area contributed by atoms with Gasteiger partial charge in [-0.3, -0.25) is 4.57 Å². The Morgan fingerprint density at radius 3 is 2.52 bits per heavy atom. The van der Waals surface area contributed by atoms with Crippen molar-refractivity contribution in [2.24, 2.45) is 0 Å². The molecule has 0 unspecified atom stereocenters. The molecule has 2 aromatic carbocycles. The molecule has 25 heavy (non-hydrogen) atoms. The van der Waals surface area contributed by atoms with Gasteiger partial charge in [-0.25, -0.2) is 9.78 Å². The maximum absolute atomic E-state index is 11.0. The number of nitrogens with zero attached hydrogens (tertiary/aromatic N) is 4. The second-order valence-corrected chi connectivity index (χ2v) is 5.98. The standard InChI is InChI=1S/C18H10N4O2S/c19-10-12-1-6-16(14(9-12)11-20)25-18-21-7-8-22(18)15-4-2-13(3-5-15)17(23)24/h1-9H,(H,23,24). The van der Waals surface area contributed by atoms with Crippen molar-refractivity contribution in [2.45, 2.75) is 10.1 Å². The lowest BCUT2D eigenvalue weighted by atomic mass is 10.1. The Labute approximate surface area is 147 Å². The van der Waals surface area contributed by atoms with E-state index < -0.39 is 5.97 Å². The normalized spacial score (nSPS) is 10.0. The maximum atomic E-state index is 11.0. The largest absolute Gasteiger partial charge is 0.478 e. The SMILES string of the molecule is N#Cc1ccc(Sc2nccn2-c2ccc(C(=O)O)cc2)c(C#N)c1. The second kappa shape index (κ2) is 6.91. The zero-order chi connectivity index (χ0) is 17.8. The lowest BCUT2D eigenvalue weighted by Gasteiger charge is -2.09. The molecule has 3 aromatic rings. The third-order valence-corrected chi connectivity index (χ3v) is 4.49. The van der Waals surface area contributed by atoms with Crippen LogP contribution in [-0.2, 0) is 0 Å². The highest BCUT2D eigenvalue weighted by Crippen LogP contribution is 2.31. The monoisotopic (exact) mass is 346 g/mol. The van der Waals surface area contributed by atoms with Crippen LogP contribution < -0.4 is 0 Å². The molecule has 120 valence electrons. The fourth-order valence-corrected chi connectivity index (χ4v) is 3.13. The van der Waals surface area contributed by atoms with Crippen LogP contribution in [0.1, 0.15) is 21.5 Å². The first-order chi connectivity index (χ1) is 12.1. The average Bonchev–Trinajstić information content (AvgIpc) is 3.10. The summed E-state index contributed by atoms with van der Waals surface area (Å²) in [7, 11) is 0. The minimum absolute atomic E-state index is 0.205. The van der Waals surface area contributed by atoms with Crippen LogP contribution >= 0.6 is 11.8 Å². The van der Waals surface area contributed by atoms with Crippen molar-refractivity contribution in [1.82, 2.24) is 9.55 Å². The third kappa shape index (κ3) is 3.37. The number of carboxylic acid groups (broad SMARTS) is 1. The summed E-state index contributed by atoms with van der Waals surface area (Å²) in [4.78, 5) is 15.9. The van der Waals surface area contributed by atoms with Gasteiger partial charge in [0, 0.05) is 23.0 Å². The van der Waals surface area contributed by atoms with Gasteiger partial charge < -0.3 is 5.11 Å². The van der Waals surface area contributed by atoms with Crippen molar-refractivity contribution in [3.63, 3.8) is 0 Å². The summed E-state index contributed by atoms with van der Waals surface area (Å²) < 4.78 is 1.80. The fourth-order valence-electron chi connectivity index (χ4n) is 2.20. The summed E-state index contributed by atoms with van der Waals surface area (Å²) in [6.07, 6.45) is 3.39. The fraction of sp³-hybridized carbons (Fsp3) is 0. The Bertz CT molecular complexity index is 1030. The van der Waals surface area contributed by atoms with Gasteiger partial charge in [-0.1, -0.05) is 0 Å². The Morgan fingerprint density at radius 2 is 1.88 bits per heavy atom. The van der Waals surface area contributed by atoms with Gasteiger partial charge >= 0.3 is 5.97 Å². The number of aromatic carboxylic acids is 1. The minimum atomic E-state index is -0.983. The molecule has 0 atom stereocenters. The number of imidazole rings is 1. The van der Waals surface area contributed by atoms with Gasteiger partial charge in [0.2, 0.25) is 0 Å². The third-order valence-electron chi connectivity index (χ3n) is 3.43. The van der Waals surface area contributed by atoms with E-state index in [1.54, 1.807) is 41.2 Å². The summed E-state index contributed by atoms with van der Waals surface area (Å²) >= 11 is 1.30. The highest BCUT2D eigenvalue weighted by molar-refractivity contribution is 7.99. The Kier molecular flexibility index (Phi) is 4.51. The van der Waals surface area contributed by atoms with E-state index in [-0.39, 0.29) is 5.56 Å². The van der Waals surface area contributed by atoms with Crippen LogP contribution in [0.15, 0.2) is 64.9 Å². The molecule has 0 amide bonds. The zero-order valence-corrected chi connectivity index (χ0v) is 13.6. The van der Waals surface area contributed by atoms with E-state index in [9.17, 15) is 10.1 Å². The summed E-state index contributed by atoms with van der Waals surface area (Å²) in [5, 5.41) is 27.8. The molecule has 0 aliphatic carbocycles. The Hall–Kier alpha value is -3.55. The van der Waals surface area contributed by atoms with E-state index in [2.05, 4.69) is 11.1 Å². The maximum Gasteiger partial charge on any atom is 0.335 e. The smallest absolute Gasteiger partial charge is 0.335 e. The Morgan fingerprint density at radius 1 is 1.12 bits per heavy atom. The lowest BCUT2D eigenvalue weighted by Crippen LogP contribution is -1.99. The first-order valence-corrected chi connectivity index (χ1v) is 7.93. The molecule has 0 bridgehead atoms. The quantitative estimate of drug-likeness (QED) is 0.776. The molecule has 1 aromatic heterocycles. The number of benzene rings is 2. The molecule has 0 aliphatic rings. The first kappa shape index (κ1) is 16.3. The van der Waals surface area contributed by atoms with E-state index in [0.29, 0.717) is 21.2 Å². The molecule has 0 spiro atoms. The number of carboxylic acids is 1. The summed E-state index contributed by atoms with van der Waals surface area (Å²) in [5.74, 6) is -0.983. The van der Waals surface area contributed by atoms with Gasteiger partial charge in [0.25, 0.3) is 0 Å². The van der Waals surface area contributed by atoms with Crippen LogP contribution in [0.4, 0.5) is 0 Å². The van der Waals surface area contributed by atoms with E-state index in [0.717, 1.165) is 5.69 Å². The topological polar surface area (TPSA) is 103 Å². The van der Waals surface area contributed by atoms with Gasteiger partial charge in [0.15, 0.2) is 5.16 Å². The van der Waals surface area contributed by atoms with Crippen molar-refractivity contribution in [1.29, 1.82) is 10.5 Å². The van der Waals surface area contributed by atoms with Gasteiger partial charge in [-0.05, 0) is 54.2 Å². The number of carbonyl (C=O) groups is 1. The van der Waals surface area contributed by atoms with Gasteiger partial charge in [0.05, 0.1) is 22.8 Å².